The van der Waals surface area contributed by atoms with Crippen molar-refractivity contribution in [2.45, 2.75) is 6.42 Å². The molecule has 1 heterocycles. The van der Waals surface area contributed by atoms with Crippen LogP contribution >= 0.6 is 0 Å². The highest BCUT2D eigenvalue weighted by atomic mass is 16.5. The van der Waals surface area contributed by atoms with Crippen molar-refractivity contribution in [3.63, 3.8) is 0 Å². The number of nitrogens with zero attached hydrogens (tertiary/aromatic N) is 1. The van der Waals surface area contributed by atoms with E-state index in [2.05, 4.69) is 4.98 Å². The highest BCUT2D eigenvalue weighted by Crippen LogP contribution is 2.22. The first kappa shape index (κ1) is 12.9. The lowest BCUT2D eigenvalue weighted by molar-refractivity contribution is 0.0692. The first-order valence-electron chi connectivity index (χ1n) is 5.81. The van der Waals surface area contributed by atoms with Gasteiger partial charge in [-0.05, 0) is 23.8 Å². The van der Waals surface area contributed by atoms with Gasteiger partial charge in [0, 0.05) is 30.6 Å². The molecule has 0 aliphatic carbocycles. The van der Waals surface area contributed by atoms with Crippen LogP contribution in [0.3, 0.4) is 0 Å². The van der Waals surface area contributed by atoms with Gasteiger partial charge < -0.3 is 15.6 Å². The number of ether oxygens (including phenoxy) is 1. The number of carboxylic acids is 1. The summed E-state index contributed by atoms with van der Waals surface area (Å²) in [5.74, 6) is -0.743. The van der Waals surface area contributed by atoms with Gasteiger partial charge in [-0.15, -0.1) is 0 Å². The second kappa shape index (κ2) is 5.86. The van der Waals surface area contributed by atoms with Crippen LogP contribution in [0.2, 0.25) is 0 Å². The van der Waals surface area contributed by atoms with Gasteiger partial charge in [-0.1, -0.05) is 6.07 Å². The largest absolute Gasteiger partial charge is 0.492 e. The third kappa shape index (κ3) is 3.45. The molecule has 0 aliphatic heterocycles. The summed E-state index contributed by atoms with van der Waals surface area (Å²) < 4.78 is 5.49. The first-order chi connectivity index (χ1) is 9.16. The van der Waals surface area contributed by atoms with Crippen LogP contribution in [0.1, 0.15) is 15.9 Å². The average Bonchev–Trinajstić information content (AvgIpc) is 2.39. The van der Waals surface area contributed by atoms with Crippen molar-refractivity contribution >= 4 is 11.7 Å². The van der Waals surface area contributed by atoms with E-state index >= 15 is 0 Å². The third-order valence-corrected chi connectivity index (χ3v) is 2.61. The van der Waals surface area contributed by atoms with Crippen molar-refractivity contribution < 1.29 is 14.6 Å². The fourth-order valence-electron chi connectivity index (χ4n) is 1.66. The lowest BCUT2D eigenvalue weighted by atomic mass is 10.2. The van der Waals surface area contributed by atoms with E-state index in [0.29, 0.717) is 18.7 Å². The molecule has 1 aromatic carbocycles. The smallest absolute Gasteiger partial charge is 0.339 e. The number of pyridine rings is 1. The molecule has 5 nitrogen and oxygen atoms in total. The van der Waals surface area contributed by atoms with Gasteiger partial charge in [-0.25, -0.2) is 4.79 Å². The second-order valence-electron chi connectivity index (χ2n) is 4.02. The average molecular weight is 258 g/mol. The van der Waals surface area contributed by atoms with Gasteiger partial charge in [0.15, 0.2) is 0 Å². The molecule has 1 aromatic heterocycles. The number of carboxylic acid groups (broad SMARTS) is 1. The molecule has 0 spiro atoms. The second-order valence-corrected chi connectivity index (χ2v) is 4.02. The van der Waals surface area contributed by atoms with Crippen molar-refractivity contribution in [2.75, 3.05) is 12.3 Å². The molecular weight excluding hydrogens is 244 g/mol. The van der Waals surface area contributed by atoms with Crippen molar-refractivity contribution in [1.82, 2.24) is 4.98 Å². The van der Waals surface area contributed by atoms with Crippen LogP contribution in [0, 0.1) is 0 Å². The van der Waals surface area contributed by atoms with Crippen molar-refractivity contribution in [2.24, 2.45) is 0 Å². The van der Waals surface area contributed by atoms with E-state index in [4.69, 9.17) is 15.6 Å². The van der Waals surface area contributed by atoms with Crippen LogP contribution in [0.5, 0.6) is 5.75 Å². The molecule has 2 aromatic rings. The molecule has 0 aliphatic rings. The molecule has 0 radical (unpaired) electrons. The molecule has 98 valence electrons. The van der Waals surface area contributed by atoms with Gasteiger partial charge in [0.25, 0.3) is 0 Å². The van der Waals surface area contributed by atoms with Gasteiger partial charge in [-0.3, -0.25) is 4.98 Å². The number of nitrogen functional groups attached to an aromatic ring is 1. The molecule has 19 heavy (non-hydrogen) atoms. The zero-order valence-electron chi connectivity index (χ0n) is 10.2. The molecule has 0 fully saturated rings. The Balaban J connectivity index is 2.03. The Morgan fingerprint density at radius 1 is 1.37 bits per heavy atom. The Labute approximate surface area is 110 Å². The van der Waals surface area contributed by atoms with Crippen molar-refractivity contribution in [1.29, 1.82) is 0 Å². The van der Waals surface area contributed by atoms with E-state index in [1.807, 2.05) is 12.1 Å². The normalized spacial score (nSPS) is 10.1. The monoisotopic (exact) mass is 258 g/mol. The van der Waals surface area contributed by atoms with Crippen molar-refractivity contribution in [3.8, 4) is 5.75 Å². The highest BCUT2D eigenvalue weighted by Gasteiger charge is 2.11. The number of hydrogen-bond donors (Lipinski definition) is 2. The summed E-state index contributed by atoms with van der Waals surface area (Å²) in [5, 5.41) is 9.04. The van der Waals surface area contributed by atoms with E-state index in [1.54, 1.807) is 12.4 Å². The molecule has 0 unspecified atom stereocenters. The summed E-state index contributed by atoms with van der Waals surface area (Å²) in [6.07, 6.45) is 4.10. The quantitative estimate of drug-likeness (QED) is 0.801. The number of aromatic nitrogens is 1. The molecule has 0 saturated heterocycles. The lowest BCUT2D eigenvalue weighted by Gasteiger charge is -2.09. The first-order valence-corrected chi connectivity index (χ1v) is 5.81. The maximum atomic E-state index is 11.0. The summed E-state index contributed by atoms with van der Waals surface area (Å²) in [6.45, 7) is 0.370. The standard InChI is InChI=1S/C14H14N2O3/c15-11-3-4-12(14(17)18)13(8-11)19-7-5-10-2-1-6-16-9-10/h1-4,6,8-9H,5,7,15H2,(H,17,18). The number of rotatable bonds is 5. The Kier molecular flexibility index (Phi) is 3.97. The Morgan fingerprint density at radius 2 is 2.21 bits per heavy atom. The fourth-order valence-corrected chi connectivity index (χ4v) is 1.66. The summed E-state index contributed by atoms with van der Waals surface area (Å²) in [5.41, 5.74) is 7.24. The minimum absolute atomic E-state index is 0.111. The third-order valence-electron chi connectivity index (χ3n) is 2.61. The molecule has 0 bridgehead atoms. The number of aromatic carboxylic acids is 1. The molecule has 3 N–H and O–H groups in total. The predicted molar refractivity (Wildman–Crippen MR) is 71.2 cm³/mol. The molecule has 0 saturated carbocycles. The van der Waals surface area contributed by atoms with E-state index in [9.17, 15) is 4.79 Å². The summed E-state index contributed by atoms with van der Waals surface area (Å²) in [6, 6.07) is 8.29. The Hall–Kier alpha value is -2.56. The Morgan fingerprint density at radius 3 is 2.89 bits per heavy atom. The van der Waals surface area contributed by atoms with Gasteiger partial charge in [0.05, 0.1) is 6.61 Å². The Bertz CT molecular complexity index is 570. The van der Waals surface area contributed by atoms with Crippen LogP contribution < -0.4 is 10.5 Å². The molecule has 0 amide bonds. The summed E-state index contributed by atoms with van der Waals surface area (Å²) in [4.78, 5) is 15.0. The van der Waals surface area contributed by atoms with Crippen LogP contribution in [-0.4, -0.2) is 22.7 Å². The SMILES string of the molecule is Nc1ccc(C(=O)O)c(OCCc2cccnc2)c1. The number of anilines is 1. The number of carbonyl (C=O) groups is 1. The minimum Gasteiger partial charge on any atom is -0.492 e. The topological polar surface area (TPSA) is 85.4 Å². The zero-order chi connectivity index (χ0) is 13.7. The predicted octanol–water partition coefficient (Wildman–Crippen LogP) is 1.98. The molecule has 2 rings (SSSR count). The number of hydrogen-bond acceptors (Lipinski definition) is 4. The van der Waals surface area contributed by atoms with E-state index < -0.39 is 5.97 Å². The molecule has 0 atom stereocenters. The molecular formula is C14H14N2O3. The minimum atomic E-state index is -1.03. The van der Waals surface area contributed by atoms with Gasteiger partial charge in [0.2, 0.25) is 0 Å². The van der Waals surface area contributed by atoms with E-state index in [0.717, 1.165) is 5.56 Å². The van der Waals surface area contributed by atoms with E-state index in [-0.39, 0.29) is 11.3 Å². The summed E-state index contributed by atoms with van der Waals surface area (Å²) in [7, 11) is 0. The highest BCUT2D eigenvalue weighted by molar-refractivity contribution is 5.91. The van der Waals surface area contributed by atoms with Crippen LogP contribution in [-0.2, 0) is 6.42 Å². The van der Waals surface area contributed by atoms with Crippen LogP contribution in [0.4, 0.5) is 5.69 Å². The fraction of sp³-hybridized carbons (Fsp3) is 0.143. The molecule has 5 heteroatoms. The lowest BCUT2D eigenvalue weighted by Crippen LogP contribution is -2.07. The maximum Gasteiger partial charge on any atom is 0.339 e. The van der Waals surface area contributed by atoms with Crippen LogP contribution in [0.25, 0.3) is 0 Å². The summed E-state index contributed by atoms with van der Waals surface area (Å²) >= 11 is 0. The number of nitrogens with two attached hydrogens (primary N) is 1. The van der Waals surface area contributed by atoms with Gasteiger partial charge >= 0.3 is 5.97 Å². The maximum absolute atomic E-state index is 11.0. The van der Waals surface area contributed by atoms with Crippen LogP contribution in [0.15, 0.2) is 42.7 Å². The number of benzene rings is 1. The van der Waals surface area contributed by atoms with Crippen molar-refractivity contribution in [3.05, 3.63) is 53.9 Å². The van der Waals surface area contributed by atoms with E-state index in [1.165, 1.54) is 18.2 Å². The van der Waals surface area contributed by atoms with Gasteiger partial charge in [0.1, 0.15) is 11.3 Å². The zero-order valence-corrected chi connectivity index (χ0v) is 10.2. The van der Waals surface area contributed by atoms with Gasteiger partial charge in [-0.2, -0.15) is 0 Å².